The van der Waals surface area contributed by atoms with E-state index in [1.54, 1.807) is 12.3 Å². The molecular weight excluding hydrogens is 348 g/mol. The lowest BCUT2D eigenvalue weighted by molar-refractivity contribution is 0.0605. The Morgan fingerprint density at radius 3 is 3.04 bits per heavy atom. The molecule has 0 N–H and O–H groups in total. The topological polar surface area (TPSA) is 87.7 Å². The van der Waals surface area contributed by atoms with E-state index >= 15 is 0 Å². The molecule has 0 radical (unpaired) electrons. The van der Waals surface area contributed by atoms with Crippen molar-refractivity contribution in [1.82, 2.24) is 25.1 Å². The Kier molecular flexibility index (Phi) is 5.78. The van der Waals surface area contributed by atoms with Gasteiger partial charge in [0.1, 0.15) is 0 Å². The van der Waals surface area contributed by atoms with Crippen molar-refractivity contribution in [2.45, 2.75) is 45.6 Å². The average Bonchev–Trinajstić information content (AvgIpc) is 3.31. The van der Waals surface area contributed by atoms with Crippen LogP contribution in [0.25, 0.3) is 6.20 Å². The van der Waals surface area contributed by atoms with Crippen molar-refractivity contribution in [2.24, 2.45) is 5.92 Å². The lowest BCUT2D eigenvalue weighted by Gasteiger charge is -2.33. The van der Waals surface area contributed by atoms with E-state index in [2.05, 4.69) is 21.5 Å². The zero-order valence-corrected chi connectivity index (χ0v) is 15.8. The van der Waals surface area contributed by atoms with Crippen LogP contribution in [0.4, 0.5) is 0 Å². The molecule has 8 heteroatoms. The predicted octanol–water partition coefficient (Wildman–Crippen LogP) is 3.43. The summed E-state index contributed by atoms with van der Waals surface area (Å²) in [6, 6.07) is 5.90. The Morgan fingerprint density at radius 1 is 1.50 bits per heavy atom. The molecule has 26 heavy (non-hydrogen) atoms. The molecule has 1 aliphatic rings. The van der Waals surface area contributed by atoms with Gasteiger partial charge >= 0.3 is 0 Å². The summed E-state index contributed by atoms with van der Waals surface area (Å²) >= 11 is 1.51. The van der Waals surface area contributed by atoms with Crippen molar-refractivity contribution in [3.05, 3.63) is 33.8 Å². The number of allylic oxidation sites excluding steroid dienone is 1. The molecule has 2 aromatic rings. The number of amides is 1. The fourth-order valence-corrected chi connectivity index (χ4v) is 3.84. The summed E-state index contributed by atoms with van der Waals surface area (Å²) in [7, 11) is 0. The van der Waals surface area contributed by atoms with E-state index in [9.17, 15) is 4.79 Å². The molecule has 1 saturated heterocycles. The van der Waals surface area contributed by atoms with Crippen LogP contribution < -0.4 is 0 Å². The maximum absolute atomic E-state index is 12.9. The van der Waals surface area contributed by atoms with Gasteiger partial charge in [-0.1, -0.05) is 6.92 Å². The van der Waals surface area contributed by atoms with Crippen molar-refractivity contribution in [3.8, 4) is 6.07 Å². The monoisotopic (exact) mass is 370 g/mol. The number of rotatable bonds is 5. The van der Waals surface area contributed by atoms with Gasteiger partial charge in [0.15, 0.2) is 5.82 Å². The maximum atomic E-state index is 12.9. The molecule has 0 saturated carbocycles. The third-order valence-electron chi connectivity index (χ3n) is 4.51. The number of aromatic nitrogens is 4. The Labute approximate surface area is 156 Å². The summed E-state index contributed by atoms with van der Waals surface area (Å²) in [4.78, 5) is 18.0. The van der Waals surface area contributed by atoms with Crippen LogP contribution in [-0.4, -0.2) is 37.6 Å². The number of nitrogens with zero attached hydrogens (tertiary/aromatic N) is 6. The van der Waals surface area contributed by atoms with Gasteiger partial charge in [0.05, 0.1) is 22.9 Å². The van der Waals surface area contributed by atoms with Gasteiger partial charge in [-0.15, -0.1) is 26.3 Å². The third kappa shape index (κ3) is 3.99. The number of nitriles is 1. The Balaban J connectivity index is 1.78. The van der Waals surface area contributed by atoms with Gasteiger partial charge in [-0.2, -0.15) is 5.26 Å². The number of tetrazole rings is 1. The molecule has 1 fully saturated rings. The first-order valence-electron chi connectivity index (χ1n) is 8.87. The summed E-state index contributed by atoms with van der Waals surface area (Å²) < 4.78 is 0. The first-order chi connectivity index (χ1) is 12.6. The first-order valence-corrected chi connectivity index (χ1v) is 9.68. The molecule has 1 amide bonds. The molecule has 0 spiro atoms. The number of carbonyl (C=O) groups excluding carboxylic acids is 1. The Bertz CT molecular complexity index is 833. The van der Waals surface area contributed by atoms with E-state index < -0.39 is 0 Å². The predicted molar refractivity (Wildman–Crippen MR) is 99.2 cm³/mol. The molecule has 7 nitrogen and oxygen atoms in total. The highest BCUT2D eigenvalue weighted by Gasteiger charge is 2.32. The molecule has 1 aliphatic heterocycles. The second-order valence-electron chi connectivity index (χ2n) is 6.37. The number of carbonyl (C=O) groups is 1. The maximum Gasteiger partial charge on any atom is 0.264 e. The number of likely N-dealkylation sites (tertiary alicyclic amines) is 1. The number of thiophene rings is 1. The standard InChI is InChI=1S/C18H22N6OS/c1-3-14(12-19)9-11-24-21-17(20-22-24)15-6-4-5-10-23(15)18(25)16-8-7-13(2)26-16/h7-9,11,14-15H,3-6,10H2,1-2H3/b11-9+. The molecule has 3 heterocycles. The van der Waals surface area contributed by atoms with Gasteiger partial charge in [-0.25, -0.2) is 0 Å². The summed E-state index contributed by atoms with van der Waals surface area (Å²) in [6.07, 6.45) is 7.02. The van der Waals surface area contributed by atoms with Crippen LogP contribution in [0.2, 0.25) is 0 Å². The highest BCUT2D eigenvalue weighted by atomic mass is 32.1. The highest BCUT2D eigenvalue weighted by molar-refractivity contribution is 7.13. The van der Waals surface area contributed by atoms with Gasteiger partial charge in [-0.3, -0.25) is 4.79 Å². The van der Waals surface area contributed by atoms with Crippen molar-refractivity contribution < 1.29 is 4.79 Å². The highest BCUT2D eigenvalue weighted by Crippen LogP contribution is 2.31. The number of hydrogen-bond donors (Lipinski definition) is 0. The quantitative estimate of drug-likeness (QED) is 0.804. The van der Waals surface area contributed by atoms with Crippen LogP contribution in [-0.2, 0) is 0 Å². The lowest BCUT2D eigenvalue weighted by atomic mass is 10.0. The molecule has 0 aromatic carbocycles. The molecule has 2 unspecified atom stereocenters. The SMILES string of the molecule is CCC(C#N)/C=C/n1nnc(C2CCCCN2C(=O)c2ccc(C)s2)n1. The van der Waals surface area contributed by atoms with Crippen molar-refractivity contribution in [1.29, 1.82) is 5.26 Å². The molecule has 0 bridgehead atoms. The summed E-state index contributed by atoms with van der Waals surface area (Å²) in [6.45, 7) is 4.66. The number of aryl methyl sites for hydroxylation is 1. The summed E-state index contributed by atoms with van der Waals surface area (Å²) in [5, 5.41) is 21.6. The van der Waals surface area contributed by atoms with Gasteiger partial charge in [-0.05, 0) is 56.0 Å². The van der Waals surface area contributed by atoms with Gasteiger partial charge in [0.25, 0.3) is 5.91 Å². The van der Waals surface area contributed by atoms with Gasteiger partial charge in [0, 0.05) is 17.6 Å². The summed E-state index contributed by atoms with van der Waals surface area (Å²) in [5.74, 6) is 0.426. The van der Waals surface area contributed by atoms with E-state index in [-0.39, 0.29) is 17.9 Å². The van der Waals surface area contributed by atoms with E-state index in [1.165, 1.54) is 16.1 Å². The fourth-order valence-electron chi connectivity index (χ4n) is 3.02. The second-order valence-corrected chi connectivity index (χ2v) is 7.66. The van der Waals surface area contributed by atoms with Gasteiger partial charge < -0.3 is 4.90 Å². The molecule has 2 atom stereocenters. The van der Waals surface area contributed by atoms with Crippen LogP contribution in [0.5, 0.6) is 0 Å². The van der Waals surface area contributed by atoms with Crippen molar-refractivity contribution >= 4 is 23.4 Å². The third-order valence-corrected chi connectivity index (χ3v) is 5.50. The minimum Gasteiger partial charge on any atom is -0.328 e. The first kappa shape index (κ1) is 18.3. The lowest BCUT2D eigenvalue weighted by Crippen LogP contribution is -2.38. The summed E-state index contributed by atoms with van der Waals surface area (Å²) in [5.41, 5.74) is 0. The van der Waals surface area contributed by atoms with Crippen molar-refractivity contribution in [3.63, 3.8) is 0 Å². The van der Waals surface area contributed by atoms with Crippen LogP contribution in [0, 0.1) is 24.2 Å². The van der Waals surface area contributed by atoms with Crippen LogP contribution in [0.3, 0.4) is 0 Å². The van der Waals surface area contributed by atoms with Crippen LogP contribution in [0.1, 0.15) is 59.0 Å². The zero-order valence-electron chi connectivity index (χ0n) is 15.0. The molecular formula is C18H22N6OS. The van der Waals surface area contributed by atoms with Crippen LogP contribution >= 0.6 is 11.3 Å². The fraction of sp³-hybridized carbons (Fsp3) is 0.500. The van der Waals surface area contributed by atoms with Crippen molar-refractivity contribution in [2.75, 3.05) is 6.54 Å². The number of piperidine rings is 1. The minimum atomic E-state index is -0.167. The smallest absolute Gasteiger partial charge is 0.264 e. The van der Waals surface area contributed by atoms with E-state index in [1.807, 2.05) is 30.9 Å². The van der Waals surface area contributed by atoms with Crippen LogP contribution in [0.15, 0.2) is 18.2 Å². The number of hydrogen-bond acceptors (Lipinski definition) is 6. The Morgan fingerprint density at radius 2 is 2.35 bits per heavy atom. The Hall–Kier alpha value is -2.53. The normalized spacial score (nSPS) is 18.8. The molecule has 2 aromatic heterocycles. The van der Waals surface area contributed by atoms with E-state index in [0.717, 1.165) is 35.4 Å². The largest absolute Gasteiger partial charge is 0.328 e. The molecule has 136 valence electrons. The van der Waals surface area contributed by atoms with E-state index in [4.69, 9.17) is 5.26 Å². The minimum absolute atomic E-state index is 0.0372. The molecule has 3 rings (SSSR count). The van der Waals surface area contributed by atoms with E-state index in [0.29, 0.717) is 12.4 Å². The molecule has 0 aliphatic carbocycles. The van der Waals surface area contributed by atoms with Gasteiger partial charge in [0.2, 0.25) is 0 Å². The second kappa shape index (κ2) is 8.23. The zero-order chi connectivity index (χ0) is 18.5. The average molecular weight is 370 g/mol.